The van der Waals surface area contributed by atoms with Crippen LogP contribution in [0.3, 0.4) is 0 Å². The molecule has 2 saturated heterocycles. The van der Waals surface area contributed by atoms with Gasteiger partial charge in [-0.3, -0.25) is 20.2 Å². The van der Waals surface area contributed by atoms with E-state index in [-0.39, 0.29) is 38.2 Å². The summed E-state index contributed by atoms with van der Waals surface area (Å²) in [5, 5.41) is 38.0. The highest BCUT2D eigenvalue weighted by Crippen LogP contribution is 2.59. The molecule has 10 rings (SSSR count). The Bertz CT molecular complexity index is 2820. The lowest BCUT2D eigenvalue weighted by atomic mass is 10.0. The molecule has 21 heteroatoms. The molecule has 4 aromatic carbocycles. The van der Waals surface area contributed by atoms with E-state index in [1.54, 1.807) is 6.07 Å². The van der Waals surface area contributed by atoms with Crippen molar-refractivity contribution >= 4 is 79.4 Å². The van der Waals surface area contributed by atoms with Gasteiger partial charge >= 0.3 is 11.4 Å². The minimum absolute atomic E-state index is 0.0404. The van der Waals surface area contributed by atoms with E-state index in [4.69, 9.17) is 33.0 Å². The number of nitrogens with one attached hydrogen (secondary N) is 2. The molecule has 0 amide bonds. The second-order valence-electron chi connectivity index (χ2n) is 17.1. The molecule has 4 fully saturated rings. The molecule has 2 aromatic heterocycles. The standard InChI is InChI=1S/C22H21ClFN5O3.C14H7ClF2N4O2.C8H15NO/c1-28-5-4-22(11-28)9-13(22)10-32-20-8-18-15(7-19(20)29(30)31)21(26-12-25-18)27-14-2-3-17(24)16(23)6-14;15-9-3-7(1-2-10(9)16)20-14-8-4-13(21(22)23)11(17)5-12(8)18-6-19-14;1-9-3-2-8(6-9)4-7(8)5-10/h2-3,6-8,12-13H,4-5,9-11H2,1H3,(H,25,26,27);1-6H,(H,18,19,20);7,10H,2-6H2,1H3. The fraction of sp³-hybridized carbons (Fsp3) is 0.364. The molecule has 340 valence electrons. The molecule has 4 atom stereocenters. The van der Waals surface area contributed by atoms with Gasteiger partial charge in [0.15, 0.2) is 5.75 Å². The van der Waals surface area contributed by atoms with Gasteiger partial charge in [0.2, 0.25) is 5.82 Å². The predicted octanol–water partition coefficient (Wildman–Crippen LogP) is 9.33. The summed E-state index contributed by atoms with van der Waals surface area (Å²) in [7, 11) is 4.28. The lowest BCUT2D eigenvalue weighted by Crippen LogP contribution is -2.17. The van der Waals surface area contributed by atoms with Crippen LogP contribution in [-0.2, 0) is 0 Å². The number of aliphatic hydroxyl groups excluding tert-OH is 1. The van der Waals surface area contributed by atoms with E-state index in [0.717, 1.165) is 44.1 Å². The highest BCUT2D eigenvalue weighted by molar-refractivity contribution is 6.31. The Hall–Kier alpha value is -5.99. The zero-order chi connectivity index (χ0) is 46.2. The molecule has 2 aliphatic heterocycles. The number of halogens is 5. The summed E-state index contributed by atoms with van der Waals surface area (Å²) in [6.45, 7) is 5.45. The van der Waals surface area contributed by atoms with Crippen LogP contribution < -0.4 is 15.4 Å². The van der Waals surface area contributed by atoms with Crippen molar-refractivity contribution in [3.05, 3.63) is 121 Å². The Morgan fingerprint density at radius 2 is 1.22 bits per heavy atom. The van der Waals surface area contributed by atoms with Crippen LogP contribution in [0.4, 0.5) is 47.6 Å². The van der Waals surface area contributed by atoms with Crippen LogP contribution in [0.2, 0.25) is 10.0 Å². The predicted molar refractivity (Wildman–Crippen MR) is 240 cm³/mol. The molecule has 16 nitrogen and oxygen atoms in total. The maximum atomic E-state index is 13.6. The molecule has 0 bridgehead atoms. The SMILES string of the molecule is CN1CCC2(CC2CO)C1.CN1CCC2(CC2COc2cc3ncnc(Nc4ccc(F)c(Cl)c4)c3cc2[N+](=O)[O-])C1.O=[N+]([O-])c1cc2c(Nc3ccc(F)c(Cl)c3)ncnc2cc1F. The van der Waals surface area contributed by atoms with Gasteiger partial charge in [0.25, 0.3) is 0 Å². The Kier molecular flexibility index (Phi) is 13.0. The minimum Gasteiger partial charge on any atom is -0.486 e. The number of likely N-dealkylation sites (tertiary alicyclic amines) is 2. The molecule has 2 aliphatic carbocycles. The average molecular weight is 936 g/mol. The number of hydrogen-bond donors (Lipinski definition) is 3. The highest BCUT2D eigenvalue weighted by atomic mass is 35.5. The van der Waals surface area contributed by atoms with Crippen molar-refractivity contribution in [3.63, 3.8) is 0 Å². The Morgan fingerprint density at radius 1 is 0.723 bits per heavy atom. The van der Waals surface area contributed by atoms with Crippen molar-refractivity contribution in [2.75, 3.05) is 64.1 Å². The van der Waals surface area contributed by atoms with Gasteiger partial charge < -0.3 is 30.3 Å². The summed E-state index contributed by atoms with van der Waals surface area (Å²) >= 11 is 11.5. The normalized spacial score (nSPS) is 22.0. The van der Waals surface area contributed by atoms with Crippen LogP contribution in [0.5, 0.6) is 5.75 Å². The van der Waals surface area contributed by atoms with Gasteiger partial charge in [-0.05, 0) is 106 Å². The van der Waals surface area contributed by atoms with Crippen molar-refractivity contribution in [1.29, 1.82) is 0 Å². The topological polar surface area (TPSA) is 198 Å². The van der Waals surface area contributed by atoms with E-state index in [1.807, 2.05) is 0 Å². The average Bonchev–Trinajstić information content (AvgIpc) is 4.05. The first kappa shape index (κ1) is 45.6. The summed E-state index contributed by atoms with van der Waals surface area (Å²) < 4.78 is 46.2. The van der Waals surface area contributed by atoms with Crippen molar-refractivity contribution < 1.29 is 32.9 Å². The summed E-state index contributed by atoms with van der Waals surface area (Å²) in [6, 6.07) is 13.1. The van der Waals surface area contributed by atoms with E-state index >= 15 is 0 Å². The zero-order valence-electron chi connectivity index (χ0n) is 35.1. The quantitative estimate of drug-likeness (QED) is 0.0867. The molecule has 4 unspecified atom stereocenters. The van der Waals surface area contributed by atoms with E-state index in [9.17, 15) is 33.4 Å². The summed E-state index contributed by atoms with van der Waals surface area (Å²) in [6.07, 6.45) is 7.36. The number of fused-ring (bicyclic) bond motifs is 2. The van der Waals surface area contributed by atoms with E-state index in [2.05, 4.69) is 54.5 Å². The molecule has 0 radical (unpaired) electrons. The van der Waals surface area contributed by atoms with E-state index in [1.165, 1.54) is 75.0 Å². The van der Waals surface area contributed by atoms with E-state index < -0.39 is 33.0 Å². The molecular formula is C44H43Cl2F3N10O6. The van der Waals surface area contributed by atoms with Gasteiger partial charge in [0, 0.05) is 61.3 Å². The van der Waals surface area contributed by atoms with Crippen LogP contribution in [0.1, 0.15) is 25.7 Å². The molecule has 3 N–H and O–H groups in total. The molecule has 4 heterocycles. The van der Waals surface area contributed by atoms with Gasteiger partial charge in [-0.2, -0.15) is 4.39 Å². The maximum absolute atomic E-state index is 13.6. The van der Waals surface area contributed by atoms with Crippen molar-refractivity contribution in [2.45, 2.75) is 25.7 Å². The molecule has 2 saturated carbocycles. The monoisotopic (exact) mass is 934 g/mol. The third-order valence-corrected chi connectivity index (χ3v) is 13.3. The van der Waals surface area contributed by atoms with Gasteiger partial charge in [0.1, 0.15) is 35.9 Å². The van der Waals surface area contributed by atoms with Crippen LogP contribution in [0, 0.1) is 60.3 Å². The van der Waals surface area contributed by atoms with Gasteiger partial charge in [0.05, 0.1) is 48.3 Å². The lowest BCUT2D eigenvalue weighted by molar-refractivity contribution is -0.387. The first-order valence-electron chi connectivity index (χ1n) is 20.6. The molecule has 65 heavy (non-hydrogen) atoms. The lowest BCUT2D eigenvalue weighted by Gasteiger charge is -2.13. The number of nitro groups is 2. The first-order valence-corrected chi connectivity index (χ1v) is 21.4. The number of nitrogens with zero attached hydrogens (tertiary/aromatic N) is 8. The largest absolute Gasteiger partial charge is 0.486 e. The molecular weight excluding hydrogens is 892 g/mol. The number of benzene rings is 4. The molecule has 6 aromatic rings. The van der Waals surface area contributed by atoms with Crippen LogP contribution in [0.15, 0.2) is 73.3 Å². The number of aliphatic hydroxyl groups is 1. The first-order chi connectivity index (χ1) is 31.1. The maximum Gasteiger partial charge on any atom is 0.311 e. The Balaban J connectivity index is 0.000000151. The zero-order valence-corrected chi connectivity index (χ0v) is 36.6. The van der Waals surface area contributed by atoms with E-state index in [0.29, 0.717) is 64.0 Å². The Morgan fingerprint density at radius 3 is 1.68 bits per heavy atom. The van der Waals surface area contributed by atoms with Crippen LogP contribution in [0.25, 0.3) is 21.8 Å². The smallest absolute Gasteiger partial charge is 0.311 e. The minimum atomic E-state index is -0.989. The number of rotatable bonds is 10. The fourth-order valence-electron chi connectivity index (χ4n) is 8.92. The summed E-state index contributed by atoms with van der Waals surface area (Å²) in [5.41, 5.74) is 1.64. The van der Waals surface area contributed by atoms with Crippen molar-refractivity contribution in [1.82, 2.24) is 29.7 Å². The number of hydrogen-bond acceptors (Lipinski definition) is 14. The number of aromatic nitrogens is 4. The number of ether oxygens (including phenoxy) is 1. The third-order valence-electron chi connectivity index (χ3n) is 12.7. The molecule has 4 aliphatic rings. The second kappa shape index (κ2) is 18.5. The molecule has 2 spiro atoms. The van der Waals surface area contributed by atoms with Gasteiger partial charge in [-0.1, -0.05) is 23.2 Å². The van der Waals surface area contributed by atoms with Gasteiger partial charge in [-0.25, -0.2) is 28.7 Å². The number of nitro benzene ring substituents is 2. The van der Waals surface area contributed by atoms with Crippen LogP contribution in [-0.4, -0.2) is 98.2 Å². The Labute approximate surface area is 380 Å². The van der Waals surface area contributed by atoms with Crippen molar-refractivity contribution in [3.8, 4) is 5.75 Å². The highest BCUT2D eigenvalue weighted by Gasteiger charge is 2.57. The summed E-state index contributed by atoms with van der Waals surface area (Å²) in [5.74, 6) is -0.303. The third kappa shape index (κ3) is 9.98. The number of anilines is 4. The summed E-state index contributed by atoms with van der Waals surface area (Å²) in [4.78, 5) is 42.3. The van der Waals surface area contributed by atoms with Crippen LogP contribution >= 0.6 is 23.2 Å². The van der Waals surface area contributed by atoms with Crippen molar-refractivity contribution in [2.24, 2.45) is 22.7 Å². The fourth-order valence-corrected chi connectivity index (χ4v) is 9.28. The second-order valence-corrected chi connectivity index (χ2v) is 17.9. The van der Waals surface area contributed by atoms with Gasteiger partial charge in [-0.15, -0.1) is 0 Å².